The van der Waals surface area contributed by atoms with Gasteiger partial charge in [-0.05, 0) is 61.0 Å². The molecule has 236 valence electrons. The van der Waals surface area contributed by atoms with Crippen LogP contribution >= 0.6 is 0 Å². The van der Waals surface area contributed by atoms with Crippen LogP contribution in [0.1, 0.15) is 11.1 Å². The summed E-state index contributed by atoms with van der Waals surface area (Å²) in [5.41, 5.74) is 1.91. The van der Waals surface area contributed by atoms with Gasteiger partial charge in [0.1, 0.15) is 13.2 Å². The molecule has 0 amide bonds. The van der Waals surface area contributed by atoms with Crippen molar-refractivity contribution in [2.24, 2.45) is 0 Å². The summed E-state index contributed by atoms with van der Waals surface area (Å²) < 4.78 is 82.0. The molecule has 0 spiro atoms. The normalized spacial score (nSPS) is 12.0. The Morgan fingerprint density at radius 1 is 0.477 bits per heavy atom. The summed E-state index contributed by atoms with van der Waals surface area (Å²) in [6.45, 7) is 4.45. The van der Waals surface area contributed by atoms with Gasteiger partial charge in [-0.3, -0.25) is 8.37 Å². The summed E-state index contributed by atoms with van der Waals surface area (Å²) in [7, 11) is -7.69. The molecule has 0 unspecified atom stereocenters. The Kier molecular flexibility index (Phi) is 12.1. The highest BCUT2D eigenvalue weighted by Gasteiger charge is 2.16. The quantitative estimate of drug-likeness (QED) is 0.107. The maximum atomic E-state index is 12.3. The lowest BCUT2D eigenvalue weighted by molar-refractivity contribution is 0.0713. The summed E-state index contributed by atoms with van der Waals surface area (Å²) >= 11 is 0. The third-order valence-electron chi connectivity index (χ3n) is 6.33. The average molecular weight is 645 g/mol. The van der Waals surface area contributed by atoms with Crippen LogP contribution in [0.2, 0.25) is 0 Å². The van der Waals surface area contributed by atoms with E-state index in [-0.39, 0.29) is 62.6 Å². The first-order chi connectivity index (χ1) is 21.1. The predicted octanol–water partition coefficient (Wildman–Crippen LogP) is 5.06. The van der Waals surface area contributed by atoms with Gasteiger partial charge in [0.2, 0.25) is 0 Å². The van der Waals surface area contributed by atoms with Gasteiger partial charge in [-0.25, -0.2) is 0 Å². The molecule has 4 aromatic carbocycles. The van der Waals surface area contributed by atoms with E-state index in [4.69, 9.17) is 27.3 Å². The molecule has 0 N–H and O–H groups in total. The molecule has 0 aliphatic heterocycles. The molecule has 0 fully saturated rings. The smallest absolute Gasteiger partial charge is 0.297 e. The van der Waals surface area contributed by atoms with E-state index in [1.54, 1.807) is 24.3 Å². The minimum absolute atomic E-state index is 0.0723. The molecular formula is C32H36O10S2. The van der Waals surface area contributed by atoms with Crippen LogP contribution in [0.15, 0.2) is 94.7 Å². The third kappa shape index (κ3) is 10.0. The lowest BCUT2D eigenvalue weighted by Crippen LogP contribution is -2.15. The van der Waals surface area contributed by atoms with Crippen molar-refractivity contribution in [2.75, 3.05) is 52.9 Å². The van der Waals surface area contributed by atoms with Crippen molar-refractivity contribution in [1.82, 2.24) is 0 Å². The minimum atomic E-state index is -3.85. The summed E-state index contributed by atoms with van der Waals surface area (Å²) in [4.78, 5) is 0.195. The number of fused-ring (bicyclic) bond motifs is 1. The Labute approximate surface area is 258 Å². The Hall–Kier alpha value is -3.52. The number of hydrogen-bond donors (Lipinski definition) is 0. The van der Waals surface area contributed by atoms with Crippen LogP contribution in [-0.4, -0.2) is 69.7 Å². The maximum absolute atomic E-state index is 12.3. The van der Waals surface area contributed by atoms with Gasteiger partial charge >= 0.3 is 0 Å². The van der Waals surface area contributed by atoms with Crippen molar-refractivity contribution in [2.45, 2.75) is 23.6 Å². The van der Waals surface area contributed by atoms with Gasteiger partial charge < -0.3 is 18.9 Å². The zero-order valence-electron chi connectivity index (χ0n) is 24.6. The molecule has 0 saturated carbocycles. The lowest BCUT2D eigenvalue weighted by atomic mass is 10.1. The van der Waals surface area contributed by atoms with Crippen molar-refractivity contribution >= 4 is 31.0 Å². The van der Waals surface area contributed by atoms with E-state index in [1.807, 2.05) is 50.2 Å². The molecule has 0 aliphatic carbocycles. The van der Waals surface area contributed by atoms with Crippen molar-refractivity contribution < 1.29 is 44.1 Å². The lowest BCUT2D eigenvalue weighted by Gasteiger charge is -2.15. The standard InChI is InChI=1S/C32H36O10S2/c1-25-7-11-29(12-8-25)43(33,34)41-21-17-37-15-19-39-31-23-27-5-3-4-6-28(27)24-32(31)40-20-16-38-18-22-42-44(35,36)30-13-9-26(2)10-14-30/h3-14,23-24H,15-22H2,1-2H3. The zero-order chi connectivity index (χ0) is 31.4. The van der Waals surface area contributed by atoms with Crippen LogP contribution in [0.25, 0.3) is 10.8 Å². The van der Waals surface area contributed by atoms with E-state index in [2.05, 4.69) is 0 Å². The second-order valence-electron chi connectivity index (χ2n) is 9.75. The highest BCUT2D eigenvalue weighted by molar-refractivity contribution is 7.87. The Balaban J connectivity index is 1.18. The van der Waals surface area contributed by atoms with Gasteiger partial charge in [0.25, 0.3) is 20.2 Å². The third-order valence-corrected chi connectivity index (χ3v) is 8.99. The van der Waals surface area contributed by atoms with Gasteiger partial charge in [0, 0.05) is 0 Å². The Morgan fingerprint density at radius 2 is 0.841 bits per heavy atom. The van der Waals surface area contributed by atoms with Gasteiger partial charge in [-0.1, -0.05) is 59.7 Å². The van der Waals surface area contributed by atoms with E-state index in [0.717, 1.165) is 21.9 Å². The maximum Gasteiger partial charge on any atom is 0.297 e. The van der Waals surface area contributed by atoms with E-state index in [1.165, 1.54) is 24.3 Å². The van der Waals surface area contributed by atoms with Gasteiger partial charge in [0.15, 0.2) is 11.5 Å². The fraction of sp³-hybridized carbons (Fsp3) is 0.312. The van der Waals surface area contributed by atoms with Crippen molar-refractivity contribution in [3.63, 3.8) is 0 Å². The predicted molar refractivity (Wildman–Crippen MR) is 165 cm³/mol. The van der Waals surface area contributed by atoms with Crippen LogP contribution in [0, 0.1) is 13.8 Å². The molecule has 0 heterocycles. The van der Waals surface area contributed by atoms with Crippen molar-refractivity contribution in [1.29, 1.82) is 0 Å². The molecule has 4 aromatic rings. The molecule has 0 aromatic heterocycles. The summed E-state index contributed by atoms with van der Waals surface area (Å²) in [6, 6.07) is 24.4. The van der Waals surface area contributed by atoms with Crippen molar-refractivity contribution in [3.05, 3.63) is 96.1 Å². The van der Waals surface area contributed by atoms with E-state index in [0.29, 0.717) is 11.5 Å². The van der Waals surface area contributed by atoms with Crippen LogP contribution in [-0.2, 0) is 38.1 Å². The van der Waals surface area contributed by atoms with E-state index in [9.17, 15) is 16.8 Å². The SMILES string of the molecule is Cc1ccc(S(=O)(=O)OCCOCCOc2cc3ccccc3cc2OCCOCCOS(=O)(=O)c2ccc(C)cc2)cc1. The fourth-order valence-corrected chi connectivity index (χ4v) is 5.79. The molecule has 0 saturated heterocycles. The molecule has 12 heteroatoms. The number of aryl methyl sites for hydroxylation is 2. The molecule has 0 atom stereocenters. The fourth-order valence-electron chi connectivity index (χ4n) is 4.00. The van der Waals surface area contributed by atoms with Gasteiger partial charge in [0.05, 0.1) is 49.4 Å². The number of benzene rings is 4. The van der Waals surface area contributed by atoms with Crippen LogP contribution in [0.3, 0.4) is 0 Å². The highest BCUT2D eigenvalue weighted by atomic mass is 32.2. The molecule has 0 aliphatic rings. The topological polar surface area (TPSA) is 124 Å². The van der Waals surface area contributed by atoms with Gasteiger partial charge in [-0.15, -0.1) is 0 Å². The van der Waals surface area contributed by atoms with Crippen LogP contribution in [0.4, 0.5) is 0 Å². The first-order valence-corrected chi connectivity index (χ1v) is 16.8. The Bertz CT molecular complexity index is 1570. The average Bonchev–Trinajstić information content (AvgIpc) is 3.00. The molecule has 4 rings (SSSR count). The number of hydrogen-bond acceptors (Lipinski definition) is 10. The zero-order valence-corrected chi connectivity index (χ0v) is 26.3. The van der Waals surface area contributed by atoms with Crippen LogP contribution in [0.5, 0.6) is 11.5 Å². The number of ether oxygens (including phenoxy) is 4. The summed E-state index contributed by atoms with van der Waals surface area (Å²) in [5.74, 6) is 1.02. The summed E-state index contributed by atoms with van der Waals surface area (Å²) in [6.07, 6.45) is 0. The molecule has 0 radical (unpaired) electrons. The first kappa shape index (κ1) is 33.4. The minimum Gasteiger partial charge on any atom is -0.487 e. The Morgan fingerprint density at radius 3 is 1.23 bits per heavy atom. The number of rotatable bonds is 18. The van der Waals surface area contributed by atoms with Crippen molar-refractivity contribution in [3.8, 4) is 11.5 Å². The second-order valence-corrected chi connectivity index (χ2v) is 13.0. The second kappa shape index (κ2) is 16.0. The first-order valence-electron chi connectivity index (χ1n) is 14.0. The highest BCUT2D eigenvalue weighted by Crippen LogP contribution is 2.32. The van der Waals surface area contributed by atoms with Crippen LogP contribution < -0.4 is 9.47 Å². The summed E-state index contributed by atoms with van der Waals surface area (Å²) in [5, 5.41) is 1.93. The van der Waals surface area contributed by atoms with E-state index >= 15 is 0 Å². The molecular weight excluding hydrogens is 608 g/mol. The largest absolute Gasteiger partial charge is 0.487 e. The molecule has 0 bridgehead atoms. The monoisotopic (exact) mass is 644 g/mol. The molecule has 44 heavy (non-hydrogen) atoms. The van der Waals surface area contributed by atoms with Gasteiger partial charge in [-0.2, -0.15) is 16.8 Å². The molecule has 10 nitrogen and oxygen atoms in total. The van der Waals surface area contributed by atoms with E-state index < -0.39 is 20.2 Å².